The highest BCUT2D eigenvalue weighted by Crippen LogP contribution is 2.66. The van der Waals surface area contributed by atoms with Gasteiger partial charge in [-0.2, -0.15) is 0 Å². The van der Waals surface area contributed by atoms with Crippen molar-refractivity contribution in [2.24, 2.45) is 46.3 Å². The van der Waals surface area contributed by atoms with Crippen LogP contribution in [0.5, 0.6) is 0 Å². The zero-order valence-corrected chi connectivity index (χ0v) is 19.1. The molecule has 158 valence electrons. The van der Waals surface area contributed by atoms with E-state index in [0.717, 1.165) is 18.3 Å². The van der Waals surface area contributed by atoms with Gasteiger partial charge in [0.15, 0.2) is 0 Å². The van der Waals surface area contributed by atoms with Crippen molar-refractivity contribution in [3.8, 4) is 0 Å². The first-order valence-corrected chi connectivity index (χ1v) is 12.4. The lowest BCUT2D eigenvalue weighted by molar-refractivity contribution is -0.0954. The Hall–Kier alpha value is -0.560. The first-order valence-electron chi connectivity index (χ1n) is 12.4. The number of hydrogen-bond donors (Lipinski definition) is 1. The van der Waals surface area contributed by atoms with Gasteiger partial charge < -0.3 is 5.11 Å². The molecule has 3 saturated carbocycles. The predicted octanol–water partition coefficient (Wildman–Crippen LogP) is 7.16. The molecular weight excluding hydrogens is 340 g/mol. The summed E-state index contributed by atoms with van der Waals surface area (Å²) in [4.78, 5) is 0. The number of aliphatic hydroxyl groups excluding tert-OH is 1. The Kier molecular flexibility index (Phi) is 5.62. The summed E-state index contributed by atoms with van der Waals surface area (Å²) in [6.07, 6.45) is 19.1. The van der Waals surface area contributed by atoms with Gasteiger partial charge in [0.25, 0.3) is 0 Å². The first kappa shape index (κ1) is 20.7. The molecule has 0 aliphatic heterocycles. The molecule has 4 aliphatic carbocycles. The summed E-state index contributed by atoms with van der Waals surface area (Å²) in [5.74, 6) is 4.33. The second kappa shape index (κ2) is 7.60. The van der Waals surface area contributed by atoms with Gasteiger partial charge in [-0.1, -0.05) is 71.3 Å². The molecule has 4 aliphatic rings. The van der Waals surface area contributed by atoms with E-state index in [1.54, 1.807) is 5.57 Å². The average Bonchev–Trinajstić information content (AvgIpc) is 3.04. The topological polar surface area (TPSA) is 20.2 Å². The molecule has 4 rings (SSSR count). The van der Waals surface area contributed by atoms with Gasteiger partial charge in [-0.15, -0.1) is 0 Å². The van der Waals surface area contributed by atoms with Crippen LogP contribution in [0.1, 0.15) is 92.4 Å². The molecule has 9 unspecified atom stereocenters. The number of allylic oxidation sites excluding steroid dienone is 4. The molecule has 0 bridgehead atoms. The highest BCUT2D eigenvalue weighted by atomic mass is 16.3. The van der Waals surface area contributed by atoms with Crippen molar-refractivity contribution in [3.05, 3.63) is 23.8 Å². The van der Waals surface area contributed by atoms with Gasteiger partial charge in [0, 0.05) is 5.41 Å². The van der Waals surface area contributed by atoms with Crippen molar-refractivity contribution < 1.29 is 5.11 Å². The maximum Gasteiger partial charge on any atom is 0.0602 e. The van der Waals surface area contributed by atoms with Gasteiger partial charge in [-0.05, 0) is 85.9 Å². The number of rotatable bonds is 4. The van der Waals surface area contributed by atoms with Crippen LogP contribution in [0.25, 0.3) is 0 Å². The third-order valence-corrected chi connectivity index (χ3v) is 10.2. The molecule has 0 radical (unpaired) electrons. The molecule has 0 saturated heterocycles. The highest BCUT2D eigenvalue weighted by molar-refractivity contribution is 5.28. The number of aliphatic hydroxyl groups is 1. The Bertz CT molecular complexity index is 632. The molecule has 0 spiro atoms. The fourth-order valence-electron chi connectivity index (χ4n) is 8.11. The molecule has 1 N–H and O–H groups in total. The Morgan fingerprint density at radius 2 is 1.86 bits per heavy atom. The van der Waals surface area contributed by atoms with E-state index >= 15 is 0 Å². The van der Waals surface area contributed by atoms with Crippen LogP contribution in [-0.2, 0) is 0 Å². The smallest absolute Gasteiger partial charge is 0.0602 e. The lowest BCUT2D eigenvalue weighted by Gasteiger charge is -2.58. The average molecular weight is 385 g/mol. The van der Waals surface area contributed by atoms with Crippen LogP contribution >= 0.6 is 0 Å². The van der Waals surface area contributed by atoms with E-state index in [4.69, 9.17) is 0 Å². The van der Waals surface area contributed by atoms with Gasteiger partial charge >= 0.3 is 0 Å². The number of fused-ring (bicyclic) bond motifs is 5. The Labute approximate surface area is 174 Å². The molecule has 0 aromatic heterocycles. The van der Waals surface area contributed by atoms with E-state index in [-0.39, 0.29) is 11.5 Å². The summed E-state index contributed by atoms with van der Waals surface area (Å²) in [5.41, 5.74) is 2.38. The fraction of sp³-hybridized carbons (Fsp3) is 0.852. The van der Waals surface area contributed by atoms with Crippen molar-refractivity contribution in [2.75, 3.05) is 0 Å². The summed E-state index contributed by atoms with van der Waals surface area (Å²) in [6, 6.07) is 0. The van der Waals surface area contributed by atoms with Gasteiger partial charge in [0.1, 0.15) is 0 Å². The lowest BCUT2D eigenvalue weighted by Crippen LogP contribution is -2.54. The molecule has 1 heteroatoms. The maximum absolute atomic E-state index is 11.1. The van der Waals surface area contributed by atoms with Crippen LogP contribution in [0.4, 0.5) is 0 Å². The van der Waals surface area contributed by atoms with E-state index < -0.39 is 0 Å². The molecule has 0 amide bonds. The van der Waals surface area contributed by atoms with E-state index in [0.29, 0.717) is 29.1 Å². The van der Waals surface area contributed by atoms with E-state index in [9.17, 15) is 5.11 Å². The minimum atomic E-state index is -0.0844. The van der Waals surface area contributed by atoms with E-state index in [2.05, 4.69) is 52.8 Å². The van der Waals surface area contributed by atoms with Crippen LogP contribution in [0, 0.1) is 46.3 Å². The van der Waals surface area contributed by atoms with Crippen molar-refractivity contribution in [3.63, 3.8) is 0 Å². The quantitative estimate of drug-likeness (QED) is 0.510. The van der Waals surface area contributed by atoms with Crippen LogP contribution in [-0.4, -0.2) is 11.2 Å². The van der Waals surface area contributed by atoms with Gasteiger partial charge in [-0.3, -0.25) is 0 Å². The van der Waals surface area contributed by atoms with Crippen LogP contribution in [0.2, 0.25) is 0 Å². The van der Waals surface area contributed by atoms with Crippen molar-refractivity contribution in [1.82, 2.24) is 0 Å². The second-order valence-electron chi connectivity index (χ2n) is 11.4. The first-order chi connectivity index (χ1) is 13.3. The summed E-state index contributed by atoms with van der Waals surface area (Å²) in [5, 5.41) is 11.1. The van der Waals surface area contributed by atoms with Gasteiger partial charge in [0.2, 0.25) is 0 Å². The van der Waals surface area contributed by atoms with Crippen LogP contribution < -0.4 is 0 Å². The zero-order chi connectivity index (χ0) is 20.1. The lowest BCUT2D eigenvalue weighted by atomic mass is 9.47. The minimum Gasteiger partial charge on any atom is -0.393 e. The Morgan fingerprint density at radius 3 is 2.61 bits per heavy atom. The molecular formula is C27H44O. The second-order valence-corrected chi connectivity index (χ2v) is 11.4. The molecule has 1 nitrogen and oxygen atoms in total. The molecule has 28 heavy (non-hydrogen) atoms. The number of hydrogen-bond acceptors (Lipinski definition) is 1. The summed E-state index contributed by atoms with van der Waals surface area (Å²) < 4.78 is 0. The normalized spacial score (nSPS) is 47.8. The summed E-state index contributed by atoms with van der Waals surface area (Å²) in [7, 11) is 0. The van der Waals surface area contributed by atoms with Crippen molar-refractivity contribution in [1.29, 1.82) is 0 Å². The third-order valence-electron chi connectivity index (χ3n) is 10.2. The van der Waals surface area contributed by atoms with Gasteiger partial charge in [-0.25, -0.2) is 0 Å². The molecule has 0 heterocycles. The molecule has 9 atom stereocenters. The van der Waals surface area contributed by atoms with Gasteiger partial charge in [0.05, 0.1) is 6.10 Å². The minimum absolute atomic E-state index is 0.0844. The Balaban J connectivity index is 1.58. The summed E-state index contributed by atoms with van der Waals surface area (Å²) in [6.45, 7) is 12.2. The molecule has 3 fully saturated rings. The monoisotopic (exact) mass is 384 g/mol. The summed E-state index contributed by atoms with van der Waals surface area (Å²) >= 11 is 0. The predicted molar refractivity (Wildman–Crippen MR) is 119 cm³/mol. The standard InChI is InChI=1S/C27H44O/c1-6-18(2)10-11-19(3)22-14-15-23-21-13-12-20-8-7-9-25(28)27(20,5)24(21)16-17-26(22,23)4/h10-11,13,18-20,22-25,28H,6-9,12,14-17H2,1-5H3. The van der Waals surface area contributed by atoms with Crippen molar-refractivity contribution in [2.45, 2.75) is 98.5 Å². The largest absolute Gasteiger partial charge is 0.393 e. The highest BCUT2D eigenvalue weighted by Gasteiger charge is 2.59. The molecule has 0 aromatic rings. The van der Waals surface area contributed by atoms with Crippen molar-refractivity contribution >= 4 is 0 Å². The van der Waals surface area contributed by atoms with E-state index in [1.807, 2.05) is 0 Å². The fourth-order valence-corrected chi connectivity index (χ4v) is 8.11. The van der Waals surface area contributed by atoms with Crippen LogP contribution in [0.15, 0.2) is 23.8 Å². The SMILES string of the molecule is CCC(C)C=CC(C)C1CCC2C3=CCC4CCCC(O)C4(C)C3CCC21C. The third kappa shape index (κ3) is 3.06. The maximum atomic E-state index is 11.1. The zero-order valence-electron chi connectivity index (χ0n) is 19.1. The Morgan fingerprint density at radius 1 is 1.07 bits per heavy atom. The van der Waals surface area contributed by atoms with E-state index in [1.165, 1.54) is 51.4 Å². The molecule has 0 aromatic carbocycles. The van der Waals surface area contributed by atoms with Crippen LogP contribution in [0.3, 0.4) is 0 Å².